The van der Waals surface area contributed by atoms with Crippen LogP contribution < -0.4 is 15.4 Å². The van der Waals surface area contributed by atoms with Gasteiger partial charge in [-0.1, -0.05) is 18.2 Å². The molecule has 0 aliphatic heterocycles. The van der Waals surface area contributed by atoms with Crippen LogP contribution in [0.4, 0.5) is 5.69 Å². The fourth-order valence-corrected chi connectivity index (χ4v) is 3.33. The van der Waals surface area contributed by atoms with E-state index >= 15 is 0 Å². The first kappa shape index (κ1) is 18.1. The summed E-state index contributed by atoms with van der Waals surface area (Å²) in [6, 6.07) is 14.7. The summed E-state index contributed by atoms with van der Waals surface area (Å²) < 4.78 is 16.8. The number of para-hydroxylation sites is 1. The predicted molar refractivity (Wildman–Crippen MR) is 109 cm³/mol. The van der Waals surface area contributed by atoms with Crippen LogP contribution in [0.3, 0.4) is 0 Å². The molecular weight excluding hydrogens is 356 g/mol. The van der Waals surface area contributed by atoms with Gasteiger partial charge in [0.15, 0.2) is 0 Å². The number of fused-ring (bicyclic) bond motifs is 3. The molecule has 0 bridgehead atoms. The van der Waals surface area contributed by atoms with Gasteiger partial charge in [-0.3, -0.25) is 10.1 Å². The van der Waals surface area contributed by atoms with E-state index < -0.39 is 6.04 Å². The van der Waals surface area contributed by atoms with E-state index in [1.54, 1.807) is 26.4 Å². The zero-order valence-corrected chi connectivity index (χ0v) is 16.0. The average Bonchev–Trinajstić information content (AvgIpc) is 3.35. The smallest absolute Gasteiger partial charge is 0.241 e. The molecule has 0 spiro atoms. The van der Waals surface area contributed by atoms with Crippen molar-refractivity contribution in [1.82, 2.24) is 5.32 Å². The molecule has 28 heavy (non-hydrogen) atoms. The number of ether oxygens (including phenoxy) is 1. The molecule has 0 aliphatic carbocycles. The van der Waals surface area contributed by atoms with Crippen LogP contribution in [-0.4, -0.2) is 19.1 Å². The summed E-state index contributed by atoms with van der Waals surface area (Å²) in [5.74, 6) is 1.19. The maximum Gasteiger partial charge on any atom is 0.241 e. The fraction of sp³-hybridized carbons (Fsp3) is 0.227. The van der Waals surface area contributed by atoms with Crippen LogP contribution in [0.2, 0.25) is 0 Å². The van der Waals surface area contributed by atoms with Crippen molar-refractivity contribution in [2.75, 3.05) is 12.4 Å². The zero-order chi connectivity index (χ0) is 19.7. The first-order chi connectivity index (χ1) is 13.6. The van der Waals surface area contributed by atoms with Gasteiger partial charge in [-0.2, -0.15) is 0 Å². The number of hydrogen-bond donors (Lipinski definition) is 2. The van der Waals surface area contributed by atoms with E-state index in [2.05, 4.69) is 10.6 Å². The number of anilines is 1. The van der Waals surface area contributed by atoms with E-state index in [1.165, 1.54) is 0 Å². The van der Waals surface area contributed by atoms with Gasteiger partial charge in [-0.05, 0) is 38.1 Å². The van der Waals surface area contributed by atoms with E-state index in [4.69, 9.17) is 13.6 Å². The predicted octanol–water partition coefficient (Wildman–Crippen LogP) is 4.87. The lowest BCUT2D eigenvalue weighted by molar-refractivity contribution is -0.118. The van der Waals surface area contributed by atoms with Crippen molar-refractivity contribution in [3.05, 3.63) is 60.6 Å². The van der Waals surface area contributed by atoms with E-state index in [0.29, 0.717) is 17.0 Å². The second-order valence-corrected chi connectivity index (χ2v) is 6.76. The number of nitrogens with one attached hydrogen (secondary N) is 2. The lowest BCUT2D eigenvalue weighted by Crippen LogP contribution is -2.39. The molecule has 2 atom stereocenters. The van der Waals surface area contributed by atoms with Crippen LogP contribution in [0.15, 0.2) is 63.6 Å². The number of furan rings is 2. The van der Waals surface area contributed by atoms with Gasteiger partial charge in [0, 0.05) is 16.8 Å². The van der Waals surface area contributed by atoms with Gasteiger partial charge in [0.25, 0.3) is 0 Å². The summed E-state index contributed by atoms with van der Waals surface area (Å²) >= 11 is 0. The van der Waals surface area contributed by atoms with Gasteiger partial charge in [0.1, 0.15) is 22.7 Å². The van der Waals surface area contributed by atoms with Crippen molar-refractivity contribution in [1.29, 1.82) is 0 Å². The molecular formula is C22H22N2O4. The molecule has 0 saturated heterocycles. The van der Waals surface area contributed by atoms with Gasteiger partial charge < -0.3 is 18.9 Å². The molecule has 0 aliphatic rings. The highest BCUT2D eigenvalue weighted by Crippen LogP contribution is 2.36. The standard InChI is InChI=1S/C22H22N2O4/c1-13(18-9-6-10-27-18)23-14(2)22(25)24-17-12-20-16(11-21(17)26-3)15-7-4-5-8-19(15)28-20/h4-14,23H,1-3H3,(H,24,25)/t13-,14+/m0/s1. The first-order valence-corrected chi connectivity index (χ1v) is 9.16. The lowest BCUT2D eigenvalue weighted by Gasteiger charge is -2.19. The number of rotatable bonds is 6. The highest BCUT2D eigenvalue weighted by molar-refractivity contribution is 6.08. The number of hydrogen-bond acceptors (Lipinski definition) is 5. The molecule has 144 valence electrons. The van der Waals surface area contributed by atoms with Crippen molar-refractivity contribution < 1.29 is 18.4 Å². The highest BCUT2D eigenvalue weighted by atomic mass is 16.5. The molecule has 0 fully saturated rings. The molecule has 4 aromatic rings. The van der Waals surface area contributed by atoms with E-state index in [-0.39, 0.29) is 11.9 Å². The van der Waals surface area contributed by atoms with Crippen molar-refractivity contribution in [2.24, 2.45) is 0 Å². The van der Waals surface area contributed by atoms with Gasteiger partial charge in [0.05, 0.1) is 31.1 Å². The SMILES string of the molecule is COc1cc2c(cc1NC(=O)[C@@H](C)N[C@@H](C)c1ccco1)oc1ccccc12. The number of carbonyl (C=O) groups is 1. The van der Waals surface area contributed by atoms with Crippen molar-refractivity contribution >= 4 is 33.5 Å². The third-order valence-electron chi connectivity index (χ3n) is 4.82. The summed E-state index contributed by atoms with van der Waals surface area (Å²) in [6.07, 6.45) is 1.62. The monoisotopic (exact) mass is 378 g/mol. The molecule has 1 amide bonds. The largest absolute Gasteiger partial charge is 0.495 e. The maximum absolute atomic E-state index is 12.7. The van der Waals surface area contributed by atoms with Crippen LogP contribution in [0.25, 0.3) is 21.9 Å². The molecule has 2 N–H and O–H groups in total. The van der Waals surface area contributed by atoms with Crippen LogP contribution in [-0.2, 0) is 4.79 Å². The molecule has 2 aromatic carbocycles. The molecule has 0 unspecified atom stereocenters. The van der Waals surface area contributed by atoms with Gasteiger partial charge >= 0.3 is 0 Å². The molecule has 0 radical (unpaired) electrons. The first-order valence-electron chi connectivity index (χ1n) is 9.16. The Kier molecular flexibility index (Phi) is 4.79. The third-order valence-corrected chi connectivity index (χ3v) is 4.82. The summed E-state index contributed by atoms with van der Waals surface area (Å²) in [5.41, 5.74) is 2.06. The minimum atomic E-state index is -0.434. The van der Waals surface area contributed by atoms with Crippen LogP contribution in [0.1, 0.15) is 25.6 Å². The van der Waals surface area contributed by atoms with Crippen molar-refractivity contribution in [3.8, 4) is 5.75 Å². The second-order valence-electron chi connectivity index (χ2n) is 6.76. The van der Waals surface area contributed by atoms with E-state index in [9.17, 15) is 4.79 Å². The Bertz CT molecular complexity index is 1110. The number of carbonyl (C=O) groups excluding carboxylic acids is 1. The van der Waals surface area contributed by atoms with E-state index in [1.807, 2.05) is 49.4 Å². The maximum atomic E-state index is 12.7. The van der Waals surface area contributed by atoms with Gasteiger partial charge in [-0.15, -0.1) is 0 Å². The highest BCUT2D eigenvalue weighted by Gasteiger charge is 2.20. The Balaban J connectivity index is 1.57. The van der Waals surface area contributed by atoms with Crippen molar-refractivity contribution in [3.63, 3.8) is 0 Å². The zero-order valence-electron chi connectivity index (χ0n) is 16.0. The molecule has 6 nitrogen and oxygen atoms in total. The van der Waals surface area contributed by atoms with Crippen LogP contribution >= 0.6 is 0 Å². The lowest BCUT2D eigenvalue weighted by atomic mass is 10.1. The van der Waals surface area contributed by atoms with Crippen LogP contribution in [0, 0.1) is 0 Å². The normalized spacial score (nSPS) is 13.5. The second kappa shape index (κ2) is 7.40. The number of amides is 1. The molecule has 2 aromatic heterocycles. The minimum Gasteiger partial charge on any atom is -0.495 e. The Morgan fingerprint density at radius 3 is 2.61 bits per heavy atom. The summed E-state index contributed by atoms with van der Waals surface area (Å²) in [4.78, 5) is 12.7. The Morgan fingerprint density at radius 2 is 1.86 bits per heavy atom. The molecule has 4 rings (SSSR count). The van der Waals surface area contributed by atoms with E-state index in [0.717, 1.165) is 22.1 Å². The summed E-state index contributed by atoms with van der Waals surface area (Å²) in [7, 11) is 1.58. The molecule has 6 heteroatoms. The average molecular weight is 378 g/mol. The summed E-state index contributed by atoms with van der Waals surface area (Å²) in [5, 5.41) is 8.12. The van der Waals surface area contributed by atoms with Gasteiger partial charge in [0.2, 0.25) is 5.91 Å². The fourth-order valence-electron chi connectivity index (χ4n) is 3.33. The third kappa shape index (κ3) is 3.34. The Labute approximate surface area is 162 Å². The topological polar surface area (TPSA) is 76.6 Å². The minimum absolute atomic E-state index is 0.0875. The van der Waals surface area contributed by atoms with Crippen LogP contribution in [0.5, 0.6) is 5.75 Å². The number of methoxy groups -OCH3 is 1. The molecule has 2 heterocycles. The Morgan fingerprint density at radius 1 is 1.04 bits per heavy atom. The summed E-state index contributed by atoms with van der Waals surface area (Å²) in [6.45, 7) is 3.75. The van der Waals surface area contributed by atoms with Gasteiger partial charge in [-0.25, -0.2) is 0 Å². The Hall–Kier alpha value is -3.25. The van der Waals surface area contributed by atoms with Crippen molar-refractivity contribution in [2.45, 2.75) is 25.9 Å². The molecule has 0 saturated carbocycles. The quantitative estimate of drug-likeness (QED) is 0.501. The number of benzene rings is 2.